The molecule has 0 aromatic carbocycles. The van der Waals surface area contributed by atoms with Crippen LogP contribution >= 0.6 is 0 Å². The lowest BCUT2D eigenvalue weighted by molar-refractivity contribution is -0.387. The van der Waals surface area contributed by atoms with Gasteiger partial charge in [0, 0.05) is 26.7 Å². The highest BCUT2D eigenvalue weighted by Crippen LogP contribution is 2.39. The van der Waals surface area contributed by atoms with E-state index in [9.17, 15) is 101 Å². The summed E-state index contributed by atoms with van der Waals surface area (Å²) < 4.78 is 38.3. The van der Waals surface area contributed by atoms with Gasteiger partial charge in [0.25, 0.3) is 11.6 Å². The van der Waals surface area contributed by atoms with Gasteiger partial charge < -0.3 is 125 Å². The fourth-order valence-corrected chi connectivity index (χ4v) is 7.64. The first-order valence-corrected chi connectivity index (χ1v) is 19.3. The topological polar surface area (TPSA) is 481 Å². The number of aliphatic hydroxyl groups excluding tert-OH is 14. The average Bonchev–Trinajstić information content (AvgIpc) is 3.22. The van der Waals surface area contributed by atoms with Crippen LogP contribution in [0.25, 0.3) is 0 Å². The zero-order valence-corrected chi connectivity index (χ0v) is 33.4. The first kappa shape index (κ1) is 52.7. The van der Waals surface area contributed by atoms with E-state index in [1.54, 1.807) is 0 Å². The highest BCUT2D eigenvalue weighted by Gasteiger charge is 2.61. The SMILES string of the molecule is CC(=O)N[C@H]1[C@H]([C@@H](O)[C@H](O)CO)O[C@@](OC[C@H]2O[C@@H](O)[C@H](O)[C@@H](O[C@@H]3O[C@H](CO)[C@H](O)[C@H](O[C@]4(C(=O)O)C[C@H](O)[C@@H](NC(C)=O)[C@H]([C@@H](O)[C@H](O)CO)O4)[C@H]3O)[C@H]2O)(C(=O)O)C[C@@H]1O. The number of nitrogens with one attached hydrogen (secondary N) is 2. The van der Waals surface area contributed by atoms with Crippen molar-refractivity contribution < 1.29 is 134 Å². The fourth-order valence-electron chi connectivity index (χ4n) is 7.64. The van der Waals surface area contributed by atoms with Crippen LogP contribution in [0.3, 0.4) is 0 Å². The third-order valence-corrected chi connectivity index (χ3v) is 11.0. The normalized spacial score (nSPS) is 42.9. The van der Waals surface area contributed by atoms with Gasteiger partial charge in [-0.3, -0.25) is 9.59 Å². The molecule has 4 heterocycles. The van der Waals surface area contributed by atoms with E-state index in [4.69, 9.17) is 33.2 Å². The Labute approximate surface area is 355 Å². The lowest BCUT2D eigenvalue weighted by Gasteiger charge is -2.50. The minimum atomic E-state index is -3.18. The van der Waals surface area contributed by atoms with Gasteiger partial charge in [-0.15, -0.1) is 0 Å². The maximum Gasteiger partial charge on any atom is 0.364 e. The summed E-state index contributed by atoms with van der Waals surface area (Å²) in [6.45, 7) is -2.46. The predicted octanol–water partition coefficient (Wildman–Crippen LogP) is -11.0. The Bertz CT molecular complexity index is 1570. The van der Waals surface area contributed by atoms with Crippen molar-refractivity contribution >= 4 is 23.8 Å². The van der Waals surface area contributed by atoms with Crippen molar-refractivity contribution in [3.63, 3.8) is 0 Å². The molecule has 2 amide bonds. The minimum Gasteiger partial charge on any atom is -0.477 e. The summed E-state index contributed by atoms with van der Waals surface area (Å²) in [6, 6.07) is -3.22. The minimum absolute atomic E-state index is 0.785. The highest BCUT2D eigenvalue weighted by molar-refractivity contribution is 5.77. The molecule has 18 N–H and O–H groups in total. The molecule has 4 aliphatic rings. The molecule has 0 radical (unpaired) electrons. The molecule has 0 aliphatic carbocycles. The molecule has 4 rings (SSSR count). The van der Waals surface area contributed by atoms with Crippen LogP contribution < -0.4 is 10.6 Å². The van der Waals surface area contributed by atoms with Crippen molar-refractivity contribution in [3.8, 4) is 0 Å². The summed E-state index contributed by atoms with van der Waals surface area (Å²) in [4.78, 5) is 49.2. The second-order valence-electron chi connectivity index (χ2n) is 15.5. The summed E-state index contributed by atoms with van der Waals surface area (Å²) in [5, 5.41) is 173. The first-order valence-electron chi connectivity index (χ1n) is 19.3. The maximum absolute atomic E-state index is 12.8. The van der Waals surface area contributed by atoms with Gasteiger partial charge in [-0.2, -0.15) is 0 Å². The van der Waals surface area contributed by atoms with E-state index >= 15 is 0 Å². The summed E-state index contributed by atoms with van der Waals surface area (Å²) >= 11 is 0. The Hall–Kier alpha value is -2.96. The quantitative estimate of drug-likeness (QED) is 0.0607. The summed E-state index contributed by atoms with van der Waals surface area (Å²) in [5.41, 5.74) is 0. The van der Waals surface area contributed by atoms with E-state index in [0.717, 1.165) is 13.8 Å². The van der Waals surface area contributed by atoms with Crippen molar-refractivity contribution in [1.29, 1.82) is 0 Å². The van der Waals surface area contributed by atoms with E-state index in [1.807, 2.05) is 0 Å². The van der Waals surface area contributed by atoms with Gasteiger partial charge in [-0.25, -0.2) is 9.59 Å². The van der Waals surface area contributed by atoms with Crippen LogP contribution in [-0.4, -0.2) is 266 Å². The second-order valence-corrected chi connectivity index (χ2v) is 15.5. The molecule has 0 unspecified atom stereocenters. The van der Waals surface area contributed by atoms with Crippen molar-refractivity contribution in [2.75, 3.05) is 26.4 Å². The fraction of sp³-hybridized carbons (Fsp3) is 0.882. The predicted molar refractivity (Wildman–Crippen MR) is 191 cm³/mol. The van der Waals surface area contributed by atoms with Crippen LogP contribution in [0, 0.1) is 0 Å². The van der Waals surface area contributed by atoms with Crippen molar-refractivity contribution in [2.24, 2.45) is 0 Å². The highest BCUT2D eigenvalue weighted by atomic mass is 16.8. The third-order valence-electron chi connectivity index (χ3n) is 11.0. The van der Waals surface area contributed by atoms with Gasteiger partial charge in [-0.05, 0) is 0 Å². The third kappa shape index (κ3) is 11.4. The molecule has 4 fully saturated rings. The summed E-state index contributed by atoms with van der Waals surface area (Å²) in [7, 11) is 0. The number of carbonyl (C=O) groups excluding carboxylic acids is 2. The van der Waals surface area contributed by atoms with Gasteiger partial charge >= 0.3 is 11.9 Å². The first-order chi connectivity index (χ1) is 29.4. The lowest BCUT2D eigenvalue weighted by Crippen LogP contribution is -2.71. The number of carboxylic acids is 2. The molecule has 22 atom stereocenters. The van der Waals surface area contributed by atoms with Crippen LogP contribution in [0.4, 0.5) is 0 Å². The molecular weight excluding hydrogens is 868 g/mol. The number of rotatable bonds is 18. The zero-order valence-electron chi connectivity index (χ0n) is 33.4. The van der Waals surface area contributed by atoms with E-state index in [-0.39, 0.29) is 0 Å². The number of aliphatic carboxylic acids is 2. The number of hydrogen-bond donors (Lipinski definition) is 18. The Morgan fingerprint density at radius 3 is 1.56 bits per heavy atom. The largest absolute Gasteiger partial charge is 0.477 e. The maximum atomic E-state index is 12.8. The Morgan fingerprint density at radius 1 is 0.651 bits per heavy atom. The summed E-state index contributed by atoms with van der Waals surface area (Å²) in [6.07, 6.45) is -40.4. The number of hydrogen-bond acceptors (Lipinski definition) is 25. The number of carboxylic acid groups (broad SMARTS) is 2. The molecule has 63 heavy (non-hydrogen) atoms. The van der Waals surface area contributed by atoms with Crippen LogP contribution in [0.1, 0.15) is 26.7 Å². The molecule has 0 spiro atoms. The molecular formula is C34H56N2O27. The van der Waals surface area contributed by atoms with Crippen molar-refractivity contribution in [1.82, 2.24) is 10.6 Å². The van der Waals surface area contributed by atoms with Crippen molar-refractivity contribution in [3.05, 3.63) is 0 Å². The number of amides is 2. The monoisotopic (exact) mass is 924 g/mol. The lowest BCUT2D eigenvalue weighted by atomic mass is 9.88. The number of carbonyl (C=O) groups is 4. The molecule has 0 bridgehead atoms. The molecule has 0 aromatic rings. The average molecular weight is 925 g/mol. The number of ether oxygens (including phenoxy) is 7. The van der Waals surface area contributed by atoms with Crippen LogP contribution in [0.5, 0.6) is 0 Å². The van der Waals surface area contributed by atoms with Gasteiger partial charge in [0.15, 0.2) is 12.6 Å². The van der Waals surface area contributed by atoms with E-state index in [1.165, 1.54) is 0 Å². The smallest absolute Gasteiger partial charge is 0.364 e. The van der Waals surface area contributed by atoms with Gasteiger partial charge in [0.2, 0.25) is 11.8 Å². The van der Waals surface area contributed by atoms with E-state index in [0.29, 0.717) is 0 Å². The second kappa shape index (κ2) is 21.6. The van der Waals surface area contributed by atoms with Crippen molar-refractivity contribution in [2.45, 2.75) is 161 Å². The molecule has 0 aromatic heterocycles. The summed E-state index contributed by atoms with van der Waals surface area (Å²) in [5.74, 6) is -11.8. The van der Waals surface area contributed by atoms with E-state index in [2.05, 4.69) is 10.6 Å². The van der Waals surface area contributed by atoms with Crippen LogP contribution in [0.15, 0.2) is 0 Å². The molecule has 364 valence electrons. The molecule has 4 aliphatic heterocycles. The standard InChI is InChI=1S/C34H56N2O27/c1-9(40)35-17-11(42)3-33(31(53)54,61-25(17)19(46)13(44)5-37)57-8-16-22(49)27(23(50)29(52)58-16)60-30-24(51)28(21(48)15(7-39)59-30)63-34(32(55)56)4-12(43)18(36-10(2)41)26(62-34)20(47)14(45)6-38/h11-30,37-39,42-52H,3-8H2,1-2H3,(H,35,40)(H,36,41)(H,53,54)(H,55,56)/t11-,12-,13+,14+,15+,16+,17+,18+,19-,20-,21-,22-,23+,24+,25+,26+,27-,28-,29+,30-,33+,34-/m0/s1. The molecule has 29 nitrogen and oxygen atoms in total. The molecule has 0 saturated carbocycles. The Kier molecular flexibility index (Phi) is 18.0. The Morgan fingerprint density at radius 2 is 1.11 bits per heavy atom. The van der Waals surface area contributed by atoms with Gasteiger partial charge in [0.05, 0.1) is 50.7 Å². The molecule has 29 heteroatoms. The van der Waals surface area contributed by atoms with Crippen LogP contribution in [-0.2, 0) is 52.3 Å². The van der Waals surface area contributed by atoms with Gasteiger partial charge in [-0.1, -0.05) is 0 Å². The Balaban J connectivity index is 1.60. The number of aliphatic hydroxyl groups is 14. The zero-order chi connectivity index (χ0) is 47.5. The van der Waals surface area contributed by atoms with Crippen LogP contribution in [0.2, 0.25) is 0 Å². The van der Waals surface area contributed by atoms with Gasteiger partial charge in [0.1, 0.15) is 85.5 Å². The molecule has 4 saturated heterocycles. The van der Waals surface area contributed by atoms with E-state index < -0.39 is 197 Å².